The molecule has 3 aromatic rings. The first kappa shape index (κ1) is 33.0. The normalized spacial score (nSPS) is 14.0. The maximum atomic E-state index is 14.2. The molecule has 8 nitrogen and oxygen atoms in total. The van der Waals surface area contributed by atoms with Crippen LogP contribution >= 0.6 is 0 Å². The Labute approximate surface area is 261 Å². The highest BCUT2D eigenvalue weighted by Gasteiger charge is 2.33. The number of nitrogens with zero attached hydrogens (tertiary/aromatic N) is 2. The average Bonchev–Trinajstić information content (AvgIpc) is 3.03. The summed E-state index contributed by atoms with van der Waals surface area (Å²) < 4.78 is 32.2. The molecular formula is C35H43N3O5S. The Balaban J connectivity index is 1.63. The molecule has 1 aliphatic rings. The van der Waals surface area contributed by atoms with E-state index in [-0.39, 0.29) is 25.4 Å². The maximum Gasteiger partial charge on any atom is 0.243 e. The van der Waals surface area contributed by atoms with E-state index in [9.17, 15) is 18.0 Å². The molecule has 234 valence electrons. The van der Waals surface area contributed by atoms with Crippen LogP contribution in [0.1, 0.15) is 48.8 Å². The summed E-state index contributed by atoms with van der Waals surface area (Å²) in [4.78, 5) is 29.6. The van der Waals surface area contributed by atoms with Crippen molar-refractivity contribution in [1.29, 1.82) is 0 Å². The van der Waals surface area contributed by atoms with Crippen molar-refractivity contribution in [2.45, 2.75) is 57.7 Å². The fraction of sp³-hybridized carbons (Fsp3) is 0.371. The molecule has 0 heterocycles. The van der Waals surface area contributed by atoms with E-state index in [1.165, 1.54) is 27.6 Å². The Hall–Kier alpha value is -3.95. The second-order valence-electron chi connectivity index (χ2n) is 11.2. The summed E-state index contributed by atoms with van der Waals surface area (Å²) >= 11 is 0. The van der Waals surface area contributed by atoms with Crippen LogP contribution in [0.4, 0.5) is 0 Å². The minimum atomic E-state index is -3.74. The van der Waals surface area contributed by atoms with Crippen molar-refractivity contribution in [1.82, 2.24) is 14.5 Å². The van der Waals surface area contributed by atoms with Gasteiger partial charge in [0.15, 0.2) is 0 Å². The van der Waals surface area contributed by atoms with Gasteiger partial charge in [-0.15, -0.1) is 0 Å². The summed E-state index contributed by atoms with van der Waals surface area (Å²) in [6.07, 6.45) is 8.92. The zero-order chi connectivity index (χ0) is 31.4. The predicted molar refractivity (Wildman–Crippen MR) is 173 cm³/mol. The zero-order valence-corrected chi connectivity index (χ0v) is 26.5. The topological polar surface area (TPSA) is 96.0 Å². The van der Waals surface area contributed by atoms with Crippen molar-refractivity contribution in [3.8, 4) is 5.75 Å². The van der Waals surface area contributed by atoms with Gasteiger partial charge in [-0.1, -0.05) is 84.4 Å². The number of amides is 2. The predicted octanol–water partition coefficient (Wildman–Crippen LogP) is 5.10. The lowest BCUT2D eigenvalue weighted by Gasteiger charge is -2.33. The van der Waals surface area contributed by atoms with Gasteiger partial charge < -0.3 is 15.0 Å². The van der Waals surface area contributed by atoms with Gasteiger partial charge in [0.05, 0.1) is 19.9 Å². The third-order valence-corrected chi connectivity index (χ3v) is 9.09. The van der Waals surface area contributed by atoms with Crippen molar-refractivity contribution >= 4 is 21.8 Å². The molecule has 0 saturated heterocycles. The van der Waals surface area contributed by atoms with Gasteiger partial charge in [-0.05, 0) is 60.9 Å². The average molecular weight is 618 g/mol. The van der Waals surface area contributed by atoms with E-state index in [0.717, 1.165) is 42.2 Å². The first-order valence-electron chi connectivity index (χ1n) is 15.1. The highest BCUT2D eigenvalue weighted by atomic mass is 32.2. The molecule has 0 radical (unpaired) electrons. The standard InChI is InChI=1S/C35H43N3O5S/c1-43-32-20-18-31(19-21-32)26-38(34(39)27-37(44(2,41)42)25-30-16-10-5-11-17-30)33(24-29-14-8-4-9-15-29)35(40)36-23-22-28-12-6-3-7-13-28/h4-5,8-12,14-21,33H,3,6-7,13,22-27H2,1-2H3,(H,36,40)/t33-/m1/s1. The molecule has 9 heteroatoms. The van der Waals surface area contributed by atoms with Crippen LogP contribution in [0.2, 0.25) is 0 Å². The third-order valence-electron chi connectivity index (χ3n) is 7.90. The van der Waals surface area contributed by atoms with Gasteiger partial charge in [-0.25, -0.2) is 8.42 Å². The number of nitrogens with one attached hydrogen (secondary N) is 1. The molecule has 0 fully saturated rings. The van der Waals surface area contributed by atoms with Crippen molar-refractivity contribution < 1.29 is 22.7 Å². The monoisotopic (exact) mass is 617 g/mol. The fourth-order valence-corrected chi connectivity index (χ4v) is 6.13. The van der Waals surface area contributed by atoms with Gasteiger partial charge in [-0.2, -0.15) is 4.31 Å². The smallest absolute Gasteiger partial charge is 0.243 e. The number of hydrogen-bond acceptors (Lipinski definition) is 5. The number of rotatable bonds is 15. The Morgan fingerprint density at radius 2 is 1.50 bits per heavy atom. The molecule has 44 heavy (non-hydrogen) atoms. The number of allylic oxidation sites excluding steroid dienone is 1. The molecule has 4 rings (SSSR count). The van der Waals surface area contributed by atoms with E-state index in [0.29, 0.717) is 12.3 Å². The van der Waals surface area contributed by atoms with Crippen molar-refractivity contribution in [2.75, 3.05) is 26.5 Å². The van der Waals surface area contributed by atoms with E-state index < -0.39 is 28.5 Å². The Bertz CT molecular complexity index is 1490. The van der Waals surface area contributed by atoms with Crippen LogP contribution in [0.15, 0.2) is 96.6 Å². The van der Waals surface area contributed by atoms with Gasteiger partial charge in [0, 0.05) is 26.1 Å². The van der Waals surface area contributed by atoms with E-state index in [4.69, 9.17) is 4.74 Å². The largest absolute Gasteiger partial charge is 0.497 e. The number of methoxy groups -OCH3 is 1. The van der Waals surface area contributed by atoms with Gasteiger partial charge in [-0.3, -0.25) is 9.59 Å². The number of ether oxygens (including phenoxy) is 1. The van der Waals surface area contributed by atoms with Crippen LogP contribution in [0, 0.1) is 0 Å². The Morgan fingerprint density at radius 1 is 0.864 bits per heavy atom. The molecule has 0 aromatic heterocycles. The minimum absolute atomic E-state index is 0.0481. The minimum Gasteiger partial charge on any atom is -0.497 e. The molecule has 1 aliphatic carbocycles. The number of benzene rings is 3. The Kier molecular flexibility index (Phi) is 12.1. The van der Waals surface area contributed by atoms with Crippen molar-refractivity contribution in [3.63, 3.8) is 0 Å². The molecule has 1 atom stereocenters. The number of sulfonamides is 1. The van der Waals surface area contributed by atoms with Crippen LogP contribution in [0.5, 0.6) is 5.75 Å². The molecule has 0 bridgehead atoms. The molecule has 3 aromatic carbocycles. The molecule has 0 aliphatic heterocycles. The van der Waals surface area contributed by atoms with Crippen LogP contribution < -0.4 is 10.1 Å². The van der Waals surface area contributed by atoms with Crippen LogP contribution in [-0.4, -0.2) is 61.9 Å². The highest BCUT2D eigenvalue weighted by Crippen LogP contribution is 2.21. The van der Waals surface area contributed by atoms with Crippen molar-refractivity contribution in [3.05, 3.63) is 113 Å². The molecule has 0 unspecified atom stereocenters. The second kappa shape index (κ2) is 16.2. The van der Waals surface area contributed by atoms with E-state index in [2.05, 4.69) is 11.4 Å². The first-order chi connectivity index (χ1) is 21.2. The van der Waals surface area contributed by atoms with Crippen molar-refractivity contribution in [2.24, 2.45) is 0 Å². The maximum absolute atomic E-state index is 14.2. The summed E-state index contributed by atoms with van der Waals surface area (Å²) in [6.45, 7) is 0.258. The van der Waals surface area contributed by atoms with Crippen LogP contribution in [0.3, 0.4) is 0 Å². The lowest BCUT2D eigenvalue weighted by Crippen LogP contribution is -2.53. The SMILES string of the molecule is COc1ccc(CN(C(=O)CN(Cc2ccccc2)S(C)(=O)=O)[C@H](Cc2ccccc2)C(=O)NCCC2=CCCCC2)cc1. The van der Waals surface area contributed by atoms with Crippen LogP contribution in [0.25, 0.3) is 0 Å². The second-order valence-corrected chi connectivity index (χ2v) is 13.2. The van der Waals surface area contributed by atoms with Gasteiger partial charge >= 0.3 is 0 Å². The summed E-state index contributed by atoms with van der Waals surface area (Å²) in [6, 6.07) is 25.2. The first-order valence-corrected chi connectivity index (χ1v) is 17.0. The van der Waals surface area contributed by atoms with Crippen LogP contribution in [-0.2, 0) is 39.1 Å². The third kappa shape index (κ3) is 10.1. The van der Waals surface area contributed by atoms with E-state index >= 15 is 0 Å². The Morgan fingerprint density at radius 3 is 2.09 bits per heavy atom. The molecule has 0 saturated carbocycles. The highest BCUT2D eigenvalue weighted by molar-refractivity contribution is 7.88. The van der Waals surface area contributed by atoms with E-state index in [1.54, 1.807) is 19.2 Å². The quantitative estimate of drug-likeness (QED) is 0.240. The van der Waals surface area contributed by atoms with Gasteiger partial charge in [0.1, 0.15) is 11.8 Å². The summed E-state index contributed by atoms with van der Waals surface area (Å²) in [5.74, 6) is -0.0392. The molecule has 1 N–H and O–H groups in total. The number of carbonyl (C=O) groups is 2. The van der Waals surface area contributed by atoms with E-state index in [1.807, 2.05) is 72.8 Å². The number of carbonyl (C=O) groups excluding carboxylic acids is 2. The summed E-state index contributed by atoms with van der Waals surface area (Å²) in [5, 5.41) is 3.09. The lowest BCUT2D eigenvalue weighted by atomic mass is 9.97. The lowest BCUT2D eigenvalue weighted by molar-refractivity contribution is -0.141. The molecule has 2 amide bonds. The molecule has 0 spiro atoms. The molecular weight excluding hydrogens is 574 g/mol. The number of hydrogen-bond donors (Lipinski definition) is 1. The fourth-order valence-electron chi connectivity index (χ4n) is 5.40. The van der Waals surface area contributed by atoms with Gasteiger partial charge in [0.2, 0.25) is 21.8 Å². The zero-order valence-electron chi connectivity index (χ0n) is 25.7. The summed E-state index contributed by atoms with van der Waals surface area (Å²) in [7, 11) is -2.16. The van der Waals surface area contributed by atoms with Gasteiger partial charge in [0.25, 0.3) is 0 Å². The summed E-state index contributed by atoms with van der Waals surface area (Å²) in [5.41, 5.74) is 3.82.